The zero-order valence-electron chi connectivity index (χ0n) is 19.6. The molecule has 1 aliphatic heterocycles. The second kappa shape index (κ2) is 8.65. The predicted octanol–water partition coefficient (Wildman–Crippen LogP) is 3.22. The topological polar surface area (TPSA) is 75.0 Å². The van der Waals surface area contributed by atoms with E-state index in [1.165, 1.54) is 17.2 Å². The van der Waals surface area contributed by atoms with Crippen molar-refractivity contribution in [2.24, 2.45) is 0 Å². The molecule has 0 bridgehead atoms. The van der Waals surface area contributed by atoms with Gasteiger partial charge < -0.3 is 14.7 Å². The Labute approximate surface area is 198 Å². The van der Waals surface area contributed by atoms with E-state index in [1.807, 2.05) is 26.0 Å². The number of hydrogen-bond donors (Lipinski definition) is 1. The Bertz CT molecular complexity index is 1250. The van der Waals surface area contributed by atoms with Crippen molar-refractivity contribution in [1.82, 2.24) is 9.58 Å². The fourth-order valence-electron chi connectivity index (χ4n) is 5.40. The Hall–Kier alpha value is -3.58. The zero-order valence-corrected chi connectivity index (χ0v) is 19.6. The van der Waals surface area contributed by atoms with E-state index in [0.717, 1.165) is 24.0 Å². The molecule has 0 spiro atoms. The van der Waals surface area contributed by atoms with Gasteiger partial charge in [0.15, 0.2) is 11.4 Å². The lowest BCUT2D eigenvalue weighted by atomic mass is 9.93. The molecule has 0 radical (unpaired) electrons. The summed E-state index contributed by atoms with van der Waals surface area (Å²) in [7, 11) is 1.62. The SMILES string of the molecule is COCC1N(C(C)C)C(=O)c2c(O)c(=O)ccn2N1C1c2ccccc2CCc2ccccc21. The van der Waals surface area contributed by atoms with Gasteiger partial charge in [-0.15, -0.1) is 0 Å². The van der Waals surface area contributed by atoms with E-state index in [9.17, 15) is 14.7 Å². The summed E-state index contributed by atoms with van der Waals surface area (Å²) in [5.41, 5.74) is 4.15. The van der Waals surface area contributed by atoms with Crippen LogP contribution in [0.2, 0.25) is 0 Å². The molecule has 3 aromatic rings. The van der Waals surface area contributed by atoms with E-state index in [1.54, 1.807) is 22.9 Å². The van der Waals surface area contributed by atoms with Gasteiger partial charge in [0.05, 0.1) is 12.6 Å². The van der Waals surface area contributed by atoms with Gasteiger partial charge in [-0.3, -0.25) is 19.3 Å². The maximum atomic E-state index is 13.6. The van der Waals surface area contributed by atoms with Gasteiger partial charge in [-0.1, -0.05) is 48.5 Å². The minimum atomic E-state index is -0.574. The van der Waals surface area contributed by atoms with Crippen LogP contribution in [0.3, 0.4) is 0 Å². The number of aryl methyl sites for hydroxylation is 2. The normalized spacial score (nSPS) is 17.9. The molecule has 0 saturated heterocycles. The number of pyridine rings is 1. The Balaban J connectivity index is 1.85. The molecule has 34 heavy (non-hydrogen) atoms. The number of aromatic nitrogens is 1. The van der Waals surface area contributed by atoms with Crippen LogP contribution in [0, 0.1) is 0 Å². The van der Waals surface area contributed by atoms with Gasteiger partial charge in [0.25, 0.3) is 5.91 Å². The van der Waals surface area contributed by atoms with Crippen molar-refractivity contribution in [3.8, 4) is 5.75 Å². The highest BCUT2D eigenvalue weighted by Gasteiger charge is 2.45. The van der Waals surface area contributed by atoms with Gasteiger partial charge in [0.1, 0.15) is 6.17 Å². The van der Waals surface area contributed by atoms with Crippen LogP contribution < -0.4 is 10.4 Å². The maximum Gasteiger partial charge on any atom is 0.278 e. The molecule has 176 valence electrons. The molecule has 1 atom stereocenters. The van der Waals surface area contributed by atoms with Crippen molar-refractivity contribution < 1.29 is 14.6 Å². The van der Waals surface area contributed by atoms with E-state index in [-0.39, 0.29) is 24.4 Å². The van der Waals surface area contributed by atoms with E-state index >= 15 is 0 Å². The number of benzene rings is 2. The summed E-state index contributed by atoms with van der Waals surface area (Å²) >= 11 is 0. The molecule has 2 heterocycles. The number of fused-ring (bicyclic) bond motifs is 3. The van der Waals surface area contributed by atoms with Crippen LogP contribution in [-0.2, 0) is 17.6 Å². The largest absolute Gasteiger partial charge is 0.502 e. The smallest absolute Gasteiger partial charge is 0.278 e. The lowest BCUT2D eigenvalue weighted by Gasteiger charge is -2.51. The molecule has 0 saturated carbocycles. The van der Waals surface area contributed by atoms with Gasteiger partial charge >= 0.3 is 0 Å². The molecule has 1 aromatic heterocycles. The molecule has 0 fully saturated rings. The number of ether oxygens (including phenoxy) is 1. The van der Waals surface area contributed by atoms with Crippen molar-refractivity contribution in [3.63, 3.8) is 0 Å². The highest BCUT2D eigenvalue weighted by atomic mass is 16.5. The fraction of sp³-hybridized carbons (Fsp3) is 0.333. The number of aromatic hydroxyl groups is 1. The van der Waals surface area contributed by atoms with Gasteiger partial charge in [0, 0.05) is 25.4 Å². The fourth-order valence-corrected chi connectivity index (χ4v) is 5.40. The second-order valence-corrected chi connectivity index (χ2v) is 9.14. The van der Waals surface area contributed by atoms with Crippen LogP contribution in [0.25, 0.3) is 0 Å². The van der Waals surface area contributed by atoms with E-state index in [4.69, 9.17) is 4.74 Å². The number of nitrogens with zero attached hydrogens (tertiary/aromatic N) is 3. The Kier molecular flexibility index (Phi) is 5.65. The van der Waals surface area contributed by atoms with Gasteiger partial charge in [-0.05, 0) is 48.9 Å². The quantitative estimate of drug-likeness (QED) is 0.649. The van der Waals surface area contributed by atoms with Gasteiger partial charge in [-0.2, -0.15) is 0 Å². The number of amides is 1. The third-order valence-corrected chi connectivity index (χ3v) is 6.87. The molecule has 7 heteroatoms. The Morgan fingerprint density at radius 1 is 0.971 bits per heavy atom. The standard InChI is InChI=1S/C27H29N3O4/c1-17(2)29-23(16-34-3)30(28-15-14-22(31)26(32)25(28)27(29)33)24-20-10-6-4-8-18(20)12-13-19-9-5-7-11-21(19)24/h4-11,14-15,17,23-24,32H,12-13,16H2,1-3H3. The molecule has 7 nitrogen and oxygen atoms in total. The van der Waals surface area contributed by atoms with E-state index in [0.29, 0.717) is 0 Å². The highest BCUT2D eigenvalue weighted by Crippen LogP contribution is 2.40. The summed E-state index contributed by atoms with van der Waals surface area (Å²) < 4.78 is 7.29. The number of methoxy groups -OCH3 is 1. The summed E-state index contributed by atoms with van der Waals surface area (Å²) in [6, 6.07) is 17.6. The Morgan fingerprint density at radius 3 is 2.12 bits per heavy atom. The molecule has 1 amide bonds. The van der Waals surface area contributed by atoms with Gasteiger partial charge in [-0.25, -0.2) is 0 Å². The van der Waals surface area contributed by atoms with E-state index < -0.39 is 23.3 Å². The van der Waals surface area contributed by atoms with Crippen molar-refractivity contribution in [3.05, 3.63) is 99.0 Å². The summed E-state index contributed by atoms with van der Waals surface area (Å²) in [6.45, 7) is 4.13. The summed E-state index contributed by atoms with van der Waals surface area (Å²) in [6.07, 6.45) is 2.94. The third kappa shape index (κ3) is 3.39. The molecule has 2 aromatic carbocycles. The first-order chi connectivity index (χ1) is 16.4. The second-order valence-electron chi connectivity index (χ2n) is 9.14. The monoisotopic (exact) mass is 459 g/mol. The third-order valence-electron chi connectivity index (χ3n) is 6.87. The lowest BCUT2D eigenvalue weighted by molar-refractivity contribution is 0.0249. The number of rotatable bonds is 4. The molecule has 1 N–H and O–H groups in total. The van der Waals surface area contributed by atoms with Crippen LogP contribution in [-0.4, -0.2) is 46.5 Å². The van der Waals surface area contributed by atoms with Crippen molar-refractivity contribution >= 4 is 5.91 Å². The minimum Gasteiger partial charge on any atom is -0.502 e. The molecule has 5 rings (SSSR count). The Morgan fingerprint density at radius 2 is 1.56 bits per heavy atom. The number of carbonyl (C=O) groups excluding carboxylic acids is 1. The first-order valence-corrected chi connectivity index (χ1v) is 11.6. The summed E-state index contributed by atoms with van der Waals surface area (Å²) in [5, 5.41) is 12.8. The zero-order chi connectivity index (χ0) is 24.0. The first-order valence-electron chi connectivity index (χ1n) is 11.6. The van der Waals surface area contributed by atoms with Crippen LogP contribution in [0.1, 0.15) is 52.6 Å². The molecule has 1 aliphatic carbocycles. The average Bonchev–Trinajstić information content (AvgIpc) is 2.99. The van der Waals surface area contributed by atoms with Crippen molar-refractivity contribution in [1.29, 1.82) is 0 Å². The lowest BCUT2D eigenvalue weighted by Crippen LogP contribution is -2.65. The highest BCUT2D eigenvalue weighted by molar-refractivity contribution is 5.96. The van der Waals surface area contributed by atoms with Crippen LogP contribution >= 0.6 is 0 Å². The number of hydrogen-bond acceptors (Lipinski definition) is 5. The molecular weight excluding hydrogens is 430 g/mol. The summed E-state index contributed by atoms with van der Waals surface area (Å²) in [4.78, 5) is 27.7. The number of carbonyl (C=O) groups is 1. The van der Waals surface area contributed by atoms with Crippen LogP contribution in [0.4, 0.5) is 0 Å². The van der Waals surface area contributed by atoms with Crippen LogP contribution in [0.5, 0.6) is 5.75 Å². The molecule has 1 unspecified atom stereocenters. The van der Waals surface area contributed by atoms with Crippen molar-refractivity contribution in [2.75, 3.05) is 18.7 Å². The van der Waals surface area contributed by atoms with E-state index in [2.05, 4.69) is 41.4 Å². The minimum absolute atomic E-state index is 0.0206. The molecule has 2 aliphatic rings. The maximum absolute atomic E-state index is 13.6. The van der Waals surface area contributed by atoms with Crippen LogP contribution in [0.15, 0.2) is 65.6 Å². The van der Waals surface area contributed by atoms with Crippen molar-refractivity contribution in [2.45, 2.75) is 44.9 Å². The van der Waals surface area contributed by atoms with Gasteiger partial charge in [0.2, 0.25) is 5.43 Å². The summed E-state index contributed by atoms with van der Waals surface area (Å²) in [5.74, 6) is -0.923. The predicted molar refractivity (Wildman–Crippen MR) is 130 cm³/mol. The molecular formula is C27H29N3O4. The first kappa shape index (κ1) is 22.2. The average molecular weight is 460 g/mol.